The predicted octanol–water partition coefficient (Wildman–Crippen LogP) is 2.74. The molecule has 2 rings (SSSR count). The van der Waals surface area contributed by atoms with E-state index in [4.69, 9.17) is 23.2 Å². The zero-order valence-electron chi connectivity index (χ0n) is 9.71. The molecule has 0 unspecified atom stereocenters. The van der Waals surface area contributed by atoms with Crippen LogP contribution in [0.3, 0.4) is 0 Å². The van der Waals surface area contributed by atoms with Crippen molar-refractivity contribution >= 4 is 34.8 Å². The SMILES string of the molecule is O=C(C(=O)C1CCNCC1)c1ccc(Cl)c(Cl)c1. The Morgan fingerprint density at radius 3 is 2.39 bits per heavy atom. The minimum absolute atomic E-state index is 0.173. The van der Waals surface area contributed by atoms with Crippen molar-refractivity contribution in [3.63, 3.8) is 0 Å². The van der Waals surface area contributed by atoms with Gasteiger partial charge in [0.2, 0.25) is 11.6 Å². The molecular weight excluding hydrogens is 273 g/mol. The molecule has 0 aromatic heterocycles. The van der Waals surface area contributed by atoms with E-state index >= 15 is 0 Å². The fourth-order valence-electron chi connectivity index (χ4n) is 2.05. The molecule has 1 aliphatic heterocycles. The maximum atomic E-state index is 12.0. The van der Waals surface area contributed by atoms with Crippen molar-refractivity contribution in [2.75, 3.05) is 13.1 Å². The first kappa shape index (κ1) is 13.5. The van der Waals surface area contributed by atoms with Gasteiger partial charge in [-0.15, -0.1) is 0 Å². The molecule has 0 atom stereocenters. The second-order valence-corrected chi connectivity index (χ2v) is 5.16. The Balaban J connectivity index is 2.14. The lowest BCUT2D eigenvalue weighted by molar-refractivity contribution is -0.119. The fourth-order valence-corrected chi connectivity index (χ4v) is 2.35. The van der Waals surface area contributed by atoms with Crippen LogP contribution in [0.2, 0.25) is 10.0 Å². The summed E-state index contributed by atoms with van der Waals surface area (Å²) in [6.45, 7) is 1.57. The highest BCUT2D eigenvalue weighted by molar-refractivity contribution is 6.46. The zero-order chi connectivity index (χ0) is 13.1. The second-order valence-electron chi connectivity index (χ2n) is 4.35. The molecule has 0 bridgehead atoms. The van der Waals surface area contributed by atoms with Gasteiger partial charge in [-0.2, -0.15) is 0 Å². The van der Waals surface area contributed by atoms with Crippen LogP contribution in [-0.2, 0) is 4.79 Å². The normalized spacial score (nSPS) is 16.6. The second kappa shape index (κ2) is 5.83. The van der Waals surface area contributed by atoms with Crippen LogP contribution in [0, 0.1) is 5.92 Å². The lowest BCUT2D eigenvalue weighted by atomic mass is 9.89. The molecule has 3 nitrogen and oxygen atoms in total. The van der Waals surface area contributed by atoms with Crippen molar-refractivity contribution in [2.45, 2.75) is 12.8 Å². The van der Waals surface area contributed by atoms with E-state index in [1.165, 1.54) is 18.2 Å². The summed E-state index contributed by atoms with van der Waals surface area (Å²) in [5, 5.41) is 3.83. The van der Waals surface area contributed by atoms with Gasteiger partial charge in [-0.05, 0) is 44.1 Å². The maximum absolute atomic E-state index is 12.0. The average molecular weight is 286 g/mol. The third-order valence-corrected chi connectivity index (χ3v) is 3.85. The van der Waals surface area contributed by atoms with Gasteiger partial charge in [-0.25, -0.2) is 0 Å². The van der Waals surface area contributed by atoms with E-state index in [0.717, 1.165) is 13.1 Å². The summed E-state index contributed by atoms with van der Waals surface area (Å²) in [7, 11) is 0. The standard InChI is InChI=1S/C13H13Cl2NO2/c14-10-2-1-9(7-11(10)15)13(18)12(17)8-3-5-16-6-4-8/h1-2,7-8,16H,3-6H2. The van der Waals surface area contributed by atoms with E-state index < -0.39 is 5.78 Å². The van der Waals surface area contributed by atoms with Gasteiger partial charge in [0.25, 0.3) is 0 Å². The molecule has 1 N–H and O–H groups in total. The number of hydrogen-bond donors (Lipinski definition) is 1. The van der Waals surface area contributed by atoms with E-state index in [2.05, 4.69) is 5.32 Å². The number of ketones is 2. The topological polar surface area (TPSA) is 46.2 Å². The molecule has 1 aromatic rings. The first-order chi connectivity index (χ1) is 8.59. The van der Waals surface area contributed by atoms with Crippen molar-refractivity contribution in [1.82, 2.24) is 5.32 Å². The number of rotatable bonds is 3. The highest BCUT2D eigenvalue weighted by Gasteiger charge is 2.27. The van der Waals surface area contributed by atoms with Gasteiger partial charge in [-0.3, -0.25) is 9.59 Å². The zero-order valence-corrected chi connectivity index (χ0v) is 11.2. The quantitative estimate of drug-likeness (QED) is 0.686. The van der Waals surface area contributed by atoms with E-state index in [9.17, 15) is 9.59 Å². The van der Waals surface area contributed by atoms with Crippen LogP contribution >= 0.6 is 23.2 Å². The number of carbonyl (C=O) groups is 2. The number of hydrogen-bond acceptors (Lipinski definition) is 3. The number of halogens is 2. The van der Waals surface area contributed by atoms with Gasteiger partial charge < -0.3 is 5.32 Å². The van der Waals surface area contributed by atoms with Crippen LogP contribution < -0.4 is 5.32 Å². The van der Waals surface area contributed by atoms with Crippen LogP contribution in [0.1, 0.15) is 23.2 Å². The highest BCUT2D eigenvalue weighted by Crippen LogP contribution is 2.24. The molecule has 18 heavy (non-hydrogen) atoms. The summed E-state index contributed by atoms with van der Waals surface area (Å²) >= 11 is 11.6. The predicted molar refractivity (Wildman–Crippen MR) is 71.4 cm³/mol. The average Bonchev–Trinajstić information content (AvgIpc) is 2.41. The van der Waals surface area contributed by atoms with Crippen molar-refractivity contribution in [2.24, 2.45) is 5.92 Å². The molecule has 1 fully saturated rings. The Morgan fingerprint density at radius 2 is 1.78 bits per heavy atom. The number of nitrogens with one attached hydrogen (secondary N) is 1. The third-order valence-electron chi connectivity index (χ3n) is 3.12. The number of carbonyl (C=O) groups excluding carboxylic acids is 2. The molecular formula is C13H13Cl2NO2. The van der Waals surface area contributed by atoms with Gasteiger partial charge in [0.1, 0.15) is 0 Å². The van der Waals surface area contributed by atoms with Gasteiger partial charge in [0.05, 0.1) is 10.0 Å². The lowest BCUT2D eigenvalue weighted by Crippen LogP contribution is -2.34. The van der Waals surface area contributed by atoms with E-state index in [-0.39, 0.29) is 11.7 Å². The summed E-state index contributed by atoms with van der Waals surface area (Å²) in [5.41, 5.74) is 0.313. The molecule has 0 spiro atoms. The molecule has 1 aromatic carbocycles. The van der Waals surface area contributed by atoms with Crippen molar-refractivity contribution in [1.29, 1.82) is 0 Å². The Labute approximate surface area is 115 Å². The molecule has 1 saturated heterocycles. The Kier molecular flexibility index (Phi) is 4.38. The molecule has 96 valence electrons. The molecule has 1 aliphatic rings. The lowest BCUT2D eigenvalue weighted by Gasteiger charge is -2.20. The van der Waals surface area contributed by atoms with Gasteiger partial charge in [0, 0.05) is 11.5 Å². The largest absolute Gasteiger partial charge is 0.317 e. The van der Waals surface area contributed by atoms with Crippen LogP contribution in [0.5, 0.6) is 0 Å². The van der Waals surface area contributed by atoms with Crippen molar-refractivity contribution < 1.29 is 9.59 Å². The van der Waals surface area contributed by atoms with Crippen LogP contribution in [0.15, 0.2) is 18.2 Å². The van der Waals surface area contributed by atoms with Crippen molar-refractivity contribution in [3.05, 3.63) is 33.8 Å². The smallest absolute Gasteiger partial charge is 0.228 e. The van der Waals surface area contributed by atoms with Gasteiger partial charge in [-0.1, -0.05) is 23.2 Å². The van der Waals surface area contributed by atoms with Gasteiger partial charge in [0.15, 0.2) is 0 Å². The van der Waals surface area contributed by atoms with E-state index in [1.54, 1.807) is 0 Å². The van der Waals surface area contributed by atoms with Crippen molar-refractivity contribution in [3.8, 4) is 0 Å². The van der Waals surface area contributed by atoms with Crippen LogP contribution in [-0.4, -0.2) is 24.7 Å². The summed E-state index contributed by atoms with van der Waals surface area (Å²) < 4.78 is 0. The highest BCUT2D eigenvalue weighted by atomic mass is 35.5. The molecule has 0 radical (unpaired) electrons. The van der Waals surface area contributed by atoms with E-state index in [1.807, 2.05) is 0 Å². The molecule has 0 aliphatic carbocycles. The summed E-state index contributed by atoms with van der Waals surface area (Å²) in [6.07, 6.45) is 1.43. The molecule has 5 heteroatoms. The minimum Gasteiger partial charge on any atom is -0.317 e. The first-order valence-corrected chi connectivity index (χ1v) is 6.59. The Morgan fingerprint density at radius 1 is 1.11 bits per heavy atom. The number of benzene rings is 1. The number of piperidine rings is 1. The molecule has 0 amide bonds. The third kappa shape index (κ3) is 2.91. The fraction of sp³-hybridized carbons (Fsp3) is 0.385. The molecule has 1 heterocycles. The maximum Gasteiger partial charge on any atom is 0.228 e. The Hall–Kier alpha value is -0.900. The van der Waals surface area contributed by atoms with Crippen LogP contribution in [0.25, 0.3) is 0 Å². The summed E-state index contributed by atoms with van der Waals surface area (Å²) in [4.78, 5) is 24.1. The van der Waals surface area contributed by atoms with Crippen LogP contribution in [0.4, 0.5) is 0 Å². The number of Topliss-reactive ketones (excluding diaryl/α,β-unsaturated/α-hetero) is 2. The monoisotopic (exact) mass is 285 g/mol. The Bertz CT molecular complexity index is 482. The van der Waals surface area contributed by atoms with Gasteiger partial charge >= 0.3 is 0 Å². The first-order valence-electron chi connectivity index (χ1n) is 5.84. The van der Waals surface area contributed by atoms with E-state index in [0.29, 0.717) is 28.5 Å². The minimum atomic E-state index is -0.472. The summed E-state index contributed by atoms with van der Waals surface area (Å²) in [5.74, 6) is -0.969. The summed E-state index contributed by atoms with van der Waals surface area (Å²) in [6, 6.07) is 4.52. The molecule has 0 saturated carbocycles.